The molecule has 0 aliphatic rings. The van der Waals surface area contributed by atoms with Crippen LogP contribution in [-0.4, -0.2) is 51.5 Å². The molecule has 7 nitrogen and oxygen atoms in total. The number of amides is 1. The van der Waals surface area contributed by atoms with E-state index in [1.54, 1.807) is 23.5 Å². The number of nitrogens with zero attached hydrogens (tertiary/aromatic N) is 4. The lowest BCUT2D eigenvalue weighted by atomic mass is 10.3. The highest BCUT2D eigenvalue weighted by molar-refractivity contribution is 7.99. The molecule has 1 aromatic rings. The fourth-order valence-electron chi connectivity index (χ4n) is 1.42. The summed E-state index contributed by atoms with van der Waals surface area (Å²) in [7, 11) is 1.65. The zero-order valence-electron chi connectivity index (χ0n) is 11.7. The van der Waals surface area contributed by atoms with Crippen LogP contribution in [0.1, 0.15) is 26.7 Å². The van der Waals surface area contributed by atoms with E-state index in [9.17, 15) is 4.79 Å². The van der Waals surface area contributed by atoms with Crippen LogP contribution in [0, 0.1) is 0 Å². The normalized spacial score (nSPS) is 10.9. The molecule has 1 amide bonds. The molecule has 0 atom stereocenters. The maximum absolute atomic E-state index is 11.1. The number of nitrogens with one attached hydrogen (secondary N) is 2. The van der Waals surface area contributed by atoms with E-state index in [4.69, 9.17) is 0 Å². The number of rotatable bonds is 9. The van der Waals surface area contributed by atoms with Gasteiger partial charge in [0, 0.05) is 31.8 Å². The molecule has 108 valence electrons. The smallest absolute Gasteiger partial charge is 0.219 e. The van der Waals surface area contributed by atoms with Gasteiger partial charge in [-0.25, -0.2) is 4.68 Å². The molecule has 0 aliphatic heterocycles. The zero-order chi connectivity index (χ0) is 14.1. The lowest BCUT2D eigenvalue weighted by Gasteiger charge is -2.08. The lowest BCUT2D eigenvalue weighted by molar-refractivity contribution is -0.120. The molecule has 1 rings (SSSR count). The standard InChI is InChI=1S/C11H22N6OS/c1-9(2)13-6-7-17-11(14-15-16-17)19-8-4-5-10(18)12-3/h9,13H,4-8H2,1-3H3,(H,12,18). The maximum Gasteiger partial charge on any atom is 0.219 e. The summed E-state index contributed by atoms with van der Waals surface area (Å²) in [6.45, 7) is 5.81. The van der Waals surface area contributed by atoms with Gasteiger partial charge in [-0.15, -0.1) is 5.10 Å². The highest BCUT2D eigenvalue weighted by atomic mass is 32.2. The molecule has 0 spiro atoms. The average Bonchev–Trinajstić information content (AvgIpc) is 2.81. The van der Waals surface area contributed by atoms with Crippen LogP contribution in [0.5, 0.6) is 0 Å². The molecule has 0 radical (unpaired) electrons. The van der Waals surface area contributed by atoms with Crippen molar-refractivity contribution in [3.63, 3.8) is 0 Å². The Labute approximate surface area is 117 Å². The topological polar surface area (TPSA) is 84.7 Å². The van der Waals surface area contributed by atoms with Gasteiger partial charge in [-0.1, -0.05) is 25.6 Å². The lowest BCUT2D eigenvalue weighted by Crippen LogP contribution is -2.27. The maximum atomic E-state index is 11.1. The van der Waals surface area contributed by atoms with E-state index >= 15 is 0 Å². The Morgan fingerprint density at radius 3 is 2.95 bits per heavy atom. The monoisotopic (exact) mass is 286 g/mol. The van der Waals surface area contributed by atoms with Crippen molar-refractivity contribution in [2.45, 2.75) is 44.4 Å². The SMILES string of the molecule is CNC(=O)CCCSc1nnnn1CCNC(C)C. The number of tetrazole rings is 1. The van der Waals surface area contributed by atoms with E-state index in [2.05, 4.69) is 40.0 Å². The molecule has 0 saturated heterocycles. The van der Waals surface area contributed by atoms with Gasteiger partial charge in [-0.05, 0) is 16.8 Å². The Morgan fingerprint density at radius 1 is 1.47 bits per heavy atom. The Hall–Kier alpha value is -1.15. The summed E-state index contributed by atoms with van der Waals surface area (Å²) in [6, 6.07) is 0.458. The predicted octanol–water partition coefficient (Wildman–Crippen LogP) is 0.289. The van der Waals surface area contributed by atoms with Crippen molar-refractivity contribution in [3.05, 3.63) is 0 Å². The summed E-state index contributed by atoms with van der Waals surface area (Å²) in [5.41, 5.74) is 0. The first-order valence-corrected chi connectivity index (χ1v) is 7.45. The number of carbonyl (C=O) groups is 1. The highest BCUT2D eigenvalue weighted by Gasteiger charge is 2.07. The van der Waals surface area contributed by atoms with Gasteiger partial charge >= 0.3 is 0 Å². The number of carbonyl (C=O) groups excluding carboxylic acids is 1. The Balaban J connectivity index is 2.26. The molecule has 0 fully saturated rings. The van der Waals surface area contributed by atoms with Gasteiger partial charge in [-0.2, -0.15) is 0 Å². The second-order valence-corrected chi connectivity index (χ2v) is 5.48. The molecule has 0 aromatic carbocycles. The summed E-state index contributed by atoms with van der Waals surface area (Å²) in [4.78, 5) is 11.1. The predicted molar refractivity (Wildman–Crippen MR) is 75.0 cm³/mol. The minimum absolute atomic E-state index is 0.0707. The van der Waals surface area contributed by atoms with Gasteiger partial charge in [0.05, 0.1) is 6.54 Å². The van der Waals surface area contributed by atoms with E-state index in [1.165, 1.54) is 0 Å². The van der Waals surface area contributed by atoms with E-state index in [0.29, 0.717) is 12.5 Å². The third-order valence-electron chi connectivity index (χ3n) is 2.43. The molecule has 0 bridgehead atoms. The minimum atomic E-state index is 0.0707. The second-order valence-electron chi connectivity index (χ2n) is 4.42. The molecule has 1 heterocycles. The molecule has 0 aliphatic carbocycles. The van der Waals surface area contributed by atoms with Gasteiger partial charge in [0.2, 0.25) is 11.1 Å². The van der Waals surface area contributed by atoms with E-state index in [1.807, 2.05) is 0 Å². The summed E-state index contributed by atoms with van der Waals surface area (Å²) < 4.78 is 1.79. The third kappa shape index (κ3) is 6.53. The summed E-state index contributed by atoms with van der Waals surface area (Å²) in [5.74, 6) is 0.909. The molecule has 0 saturated carbocycles. The van der Waals surface area contributed by atoms with Crippen molar-refractivity contribution in [2.75, 3.05) is 19.3 Å². The molecule has 0 unspecified atom stereocenters. The summed E-state index contributed by atoms with van der Waals surface area (Å²) in [5, 5.41) is 18.4. The van der Waals surface area contributed by atoms with Crippen LogP contribution in [-0.2, 0) is 11.3 Å². The minimum Gasteiger partial charge on any atom is -0.359 e. The first-order chi connectivity index (χ1) is 9.13. The van der Waals surface area contributed by atoms with Crippen LogP contribution >= 0.6 is 11.8 Å². The first-order valence-electron chi connectivity index (χ1n) is 6.46. The highest BCUT2D eigenvalue weighted by Crippen LogP contribution is 2.15. The van der Waals surface area contributed by atoms with Crippen molar-refractivity contribution < 1.29 is 4.79 Å². The fraction of sp³-hybridized carbons (Fsp3) is 0.818. The molecular weight excluding hydrogens is 264 g/mol. The van der Waals surface area contributed by atoms with E-state index < -0.39 is 0 Å². The van der Waals surface area contributed by atoms with Gasteiger partial charge in [0.1, 0.15) is 0 Å². The van der Waals surface area contributed by atoms with Crippen LogP contribution in [0.4, 0.5) is 0 Å². The van der Waals surface area contributed by atoms with Crippen molar-refractivity contribution in [2.24, 2.45) is 0 Å². The molecule has 19 heavy (non-hydrogen) atoms. The van der Waals surface area contributed by atoms with Crippen molar-refractivity contribution in [1.82, 2.24) is 30.8 Å². The molecular formula is C11H22N6OS. The number of aromatic nitrogens is 4. The molecule has 2 N–H and O–H groups in total. The third-order valence-corrected chi connectivity index (χ3v) is 3.48. The first kappa shape index (κ1) is 15.9. The summed E-state index contributed by atoms with van der Waals surface area (Å²) >= 11 is 1.58. The van der Waals surface area contributed by atoms with Crippen LogP contribution in [0.3, 0.4) is 0 Å². The van der Waals surface area contributed by atoms with Crippen molar-refractivity contribution in [1.29, 1.82) is 0 Å². The fourth-order valence-corrected chi connectivity index (χ4v) is 2.26. The van der Waals surface area contributed by atoms with Crippen molar-refractivity contribution >= 4 is 17.7 Å². The van der Waals surface area contributed by atoms with Gasteiger partial charge in [0.15, 0.2) is 0 Å². The van der Waals surface area contributed by atoms with Crippen LogP contribution in [0.15, 0.2) is 5.16 Å². The van der Waals surface area contributed by atoms with E-state index in [0.717, 1.165) is 30.4 Å². The number of hydrogen-bond acceptors (Lipinski definition) is 6. The van der Waals surface area contributed by atoms with Crippen LogP contribution in [0.2, 0.25) is 0 Å². The van der Waals surface area contributed by atoms with Gasteiger partial charge in [0.25, 0.3) is 0 Å². The van der Waals surface area contributed by atoms with Crippen LogP contribution < -0.4 is 10.6 Å². The quantitative estimate of drug-likeness (QED) is 0.501. The van der Waals surface area contributed by atoms with Gasteiger partial charge < -0.3 is 10.6 Å². The molecule has 8 heteroatoms. The van der Waals surface area contributed by atoms with Gasteiger partial charge in [-0.3, -0.25) is 4.79 Å². The Kier molecular flexibility index (Phi) is 7.42. The molecule has 1 aromatic heterocycles. The van der Waals surface area contributed by atoms with Crippen LogP contribution in [0.25, 0.3) is 0 Å². The van der Waals surface area contributed by atoms with Crippen molar-refractivity contribution in [3.8, 4) is 0 Å². The average molecular weight is 286 g/mol. The summed E-state index contributed by atoms with van der Waals surface area (Å²) in [6.07, 6.45) is 1.36. The second kappa shape index (κ2) is 8.87. The number of hydrogen-bond donors (Lipinski definition) is 2. The Bertz CT molecular complexity index is 381. The van der Waals surface area contributed by atoms with E-state index in [-0.39, 0.29) is 5.91 Å². The Morgan fingerprint density at radius 2 is 2.26 bits per heavy atom. The zero-order valence-corrected chi connectivity index (χ0v) is 12.5. The number of thioether (sulfide) groups is 1. The largest absolute Gasteiger partial charge is 0.359 e.